The quantitative estimate of drug-likeness (QED) is 0.391. The number of nitrogens with one attached hydrogen (secondary N) is 1. The van der Waals surface area contributed by atoms with Gasteiger partial charge in [0.15, 0.2) is 0 Å². The maximum atomic E-state index is 9.20. The van der Waals surface area contributed by atoms with E-state index in [1.807, 2.05) is 24.3 Å². The largest absolute Gasteiger partial charge is 0.342 e. The van der Waals surface area contributed by atoms with Gasteiger partial charge in [0.2, 0.25) is 0 Å². The van der Waals surface area contributed by atoms with Crippen LogP contribution in [0.4, 0.5) is 0 Å². The van der Waals surface area contributed by atoms with Crippen molar-refractivity contribution in [3.63, 3.8) is 0 Å². The number of benzene rings is 3. The smallest absolute Gasteiger partial charge is 0.107 e. The van der Waals surface area contributed by atoms with Crippen molar-refractivity contribution in [3.8, 4) is 17.2 Å². The Hall–Kier alpha value is -3.38. The number of H-pyrrole nitrogens is 1. The highest BCUT2D eigenvalue weighted by atomic mass is 14.9. The van der Waals surface area contributed by atoms with E-state index >= 15 is 0 Å². The fourth-order valence-corrected chi connectivity index (χ4v) is 5.18. The lowest BCUT2D eigenvalue weighted by Gasteiger charge is -2.38. The molecule has 1 saturated carbocycles. The molecule has 4 aromatic rings. The van der Waals surface area contributed by atoms with Crippen molar-refractivity contribution in [3.05, 3.63) is 89.7 Å². The summed E-state index contributed by atoms with van der Waals surface area (Å²) in [5.74, 6) is 1.09. The lowest BCUT2D eigenvalue weighted by Crippen LogP contribution is -2.30. The lowest BCUT2D eigenvalue weighted by atomic mass is 9.66. The van der Waals surface area contributed by atoms with Crippen LogP contribution in [-0.4, -0.2) is 9.97 Å². The molecule has 0 radical (unpaired) electrons. The van der Waals surface area contributed by atoms with E-state index < -0.39 is 0 Å². The number of para-hydroxylation sites is 2. The van der Waals surface area contributed by atoms with Crippen molar-refractivity contribution >= 4 is 11.0 Å². The molecule has 1 aliphatic carbocycles. The third-order valence-corrected chi connectivity index (χ3v) is 6.91. The summed E-state index contributed by atoms with van der Waals surface area (Å²) in [6.45, 7) is 0. The number of imidazole rings is 1. The number of fused-ring (bicyclic) bond motifs is 1. The van der Waals surface area contributed by atoms with Gasteiger partial charge < -0.3 is 4.98 Å². The summed E-state index contributed by atoms with van der Waals surface area (Å²) in [5, 5.41) is 9.20. The van der Waals surface area contributed by atoms with Gasteiger partial charge in [-0.05, 0) is 65.6 Å². The Kier molecular flexibility index (Phi) is 5.30. The Labute approximate surface area is 183 Å². The number of rotatable bonds is 5. The first kappa shape index (κ1) is 19.6. The van der Waals surface area contributed by atoms with Gasteiger partial charge in [-0.15, -0.1) is 0 Å². The van der Waals surface area contributed by atoms with Crippen molar-refractivity contribution in [1.82, 2.24) is 9.97 Å². The van der Waals surface area contributed by atoms with Crippen molar-refractivity contribution in [1.29, 1.82) is 5.26 Å². The molecule has 1 aliphatic rings. The number of aromatic amines is 1. The van der Waals surface area contributed by atoms with Gasteiger partial charge in [-0.25, -0.2) is 4.98 Å². The van der Waals surface area contributed by atoms with Crippen LogP contribution in [0.2, 0.25) is 0 Å². The average molecular weight is 406 g/mol. The van der Waals surface area contributed by atoms with E-state index in [2.05, 4.69) is 59.6 Å². The summed E-state index contributed by atoms with van der Waals surface area (Å²) in [4.78, 5) is 8.32. The first-order valence-electron chi connectivity index (χ1n) is 11.3. The van der Waals surface area contributed by atoms with Crippen LogP contribution in [0.25, 0.3) is 22.2 Å². The van der Waals surface area contributed by atoms with Crippen LogP contribution < -0.4 is 0 Å². The summed E-state index contributed by atoms with van der Waals surface area (Å²) in [6, 6.07) is 27.5. The number of nitriles is 1. The van der Waals surface area contributed by atoms with E-state index in [9.17, 15) is 5.26 Å². The number of hydrogen-bond donors (Lipinski definition) is 1. The van der Waals surface area contributed by atoms with Crippen LogP contribution in [0.1, 0.15) is 55.5 Å². The van der Waals surface area contributed by atoms with Crippen LogP contribution in [0.5, 0.6) is 0 Å². The molecule has 31 heavy (non-hydrogen) atoms. The van der Waals surface area contributed by atoms with E-state index in [1.54, 1.807) is 0 Å². The van der Waals surface area contributed by atoms with E-state index in [-0.39, 0.29) is 5.41 Å². The molecule has 1 heterocycles. The highest BCUT2D eigenvalue weighted by Gasteiger charge is 2.33. The van der Waals surface area contributed by atoms with Gasteiger partial charge in [-0.3, -0.25) is 0 Å². The van der Waals surface area contributed by atoms with Gasteiger partial charge in [0.1, 0.15) is 5.82 Å². The third-order valence-electron chi connectivity index (χ3n) is 6.91. The van der Waals surface area contributed by atoms with Crippen molar-refractivity contribution in [2.75, 3.05) is 0 Å². The predicted molar refractivity (Wildman–Crippen MR) is 126 cm³/mol. The maximum absolute atomic E-state index is 9.20. The first-order chi connectivity index (χ1) is 15.3. The Morgan fingerprint density at radius 2 is 1.68 bits per heavy atom. The lowest BCUT2D eigenvalue weighted by molar-refractivity contribution is 0.273. The van der Waals surface area contributed by atoms with Gasteiger partial charge in [0.25, 0.3) is 0 Å². The number of aryl methyl sites for hydroxylation is 1. The summed E-state index contributed by atoms with van der Waals surface area (Å²) in [5.41, 5.74) is 6.83. The first-order valence-corrected chi connectivity index (χ1v) is 11.3. The van der Waals surface area contributed by atoms with E-state index in [1.165, 1.54) is 43.2 Å². The van der Waals surface area contributed by atoms with Gasteiger partial charge in [-0.1, -0.05) is 67.8 Å². The number of hydrogen-bond acceptors (Lipinski definition) is 2. The van der Waals surface area contributed by atoms with E-state index in [0.717, 1.165) is 35.3 Å². The maximum Gasteiger partial charge on any atom is 0.107 e. The Morgan fingerprint density at radius 3 is 2.45 bits per heavy atom. The molecule has 0 atom stereocenters. The summed E-state index contributed by atoms with van der Waals surface area (Å²) >= 11 is 0. The second-order valence-electron chi connectivity index (χ2n) is 8.81. The van der Waals surface area contributed by atoms with Crippen molar-refractivity contribution < 1.29 is 0 Å². The standard InChI is InChI=1S/C28H27N3/c29-20-21-7-6-8-23(19-21)22-11-13-24(14-12-22)28(16-4-1-5-17-28)18-15-27-30-25-9-2-3-10-26(25)31-27/h2-3,6-14,19H,1,4-5,15-18H2,(H,30,31). The molecule has 1 fully saturated rings. The Bertz CT molecular complexity index is 1190. The molecule has 5 rings (SSSR count). The summed E-state index contributed by atoms with van der Waals surface area (Å²) in [7, 11) is 0. The van der Waals surface area contributed by atoms with Gasteiger partial charge >= 0.3 is 0 Å². The molecule has 3 heteroatoms. The SMILES string of the molecule is N#Cc1cccc(-c2ccc(C3(CCc4nc5ccccc5[nH]4)CCCCC3)cc2)c1. The average Bonchev–Trinajstić information content (AvgIpc) is 3.27. The molecule has 154 valence electrons. The highest BCUT2D eigenvalue weighted by Crippen LogP contribution is 2.43. The minimum absolute atomic E-state index is 0.226. The number of aromatic nitrogens is 2. The third kappa shape index (κ3) is 3.99. The summed E-state index contributed by atoms with van der Waals surface area (Å²) < 4.78 is 0. The van der Waals surface area contributed by atoms with Gasteiger partial charge in [0, 0.05) is 6.42 Å². The molecule has 0 amide bonds. The molecule has 0 spiro atoms. The fraction of sp³-hybridized carbons (Fsp3) is 0.286. The van der Waals surface area contributed by atoms with E-state index in [4.69, 9.17) is 4.98 Å². The monoisotopic (exact) mass is 405 g/mol. The molecule has 1 N–H and O–H groups in total. The van der Waals surface area contributed by atoms with E-state index in [0.29, 0.717) is 5.56 Å². The molecule has 1 aromatic heterocycles. The zero-order chi connectivity index (χ0) is 21.1. The summed E-state index contributed by atoms with van der Waals surface area (Å²) in [6.07, 6.45) is 8.52. The minimum atomic E-state index is 0.226. The molecule has 0 saturated heterocycles. The predicted octanol–water partition coefficient (Wildman–Crippen LogP) is 6.94. The van der Waals surface area contributed by atoms with Crippen molar-refractivity contribution in [2.45, 2.75) is 50.4 Å². The molecular formula is C28H27N3. The minimum Gasteiger partial charge on any atom is -0.342 e. The zero-order valence-corrected chi connectivity index (χ0v) is 17.8. The second kappa shape index (κ2) is 8.40. The number of nitrogens with zero attached hydrogens (tertiary/aromatic N) is 2. The second-order valence-corrected chi connectivity index (χ2v) is 8.81. The van der Waals surface area contributed by atoms with Crippen molar-refractivity contribution in [2.24, 2.45) is 0 Å². The highest BCUT2D eigenvalue weighted by molar-refractivity contribution is 5.74. The van der Waals surface area contributed by atoms with Crippen LogP contribution >= 0.6 is 0 Å². The zero-order valence-electron chi connectivity index (χ0n) is 17.8. The molecule has 3 aromatic carbocycles. The topological polar surface area (TPSA) is 52.5 Å². The molecule has 3 nitrogen and oxygen atoms in total. The van der Waals surface area contributed by atoms with Crippen LogP contribution in [-0.2, 0) is 11.8 Å². The molecule has 0 unspecified atom stereocenters. The molecule has 0 aliphatic heterocycles. The van der Waals surface area contributed by atoms with Gasteiger partial charge in [-0.2, -0.15) is 5.26 Å². The van der Waals surface area contributed by atoms with Crippen LogP contribution in [0.3, 0.4) is 0 Å². The Morgan fingerprint density at radius 1 is 0.871 bits per heavy atom. The fourth-order valence-electron chi connectivity index (χ4n) is 5.18. The molecule has 0 bridgehead atoms. The van der Waals surface area contributed by atoms with Gasteiger partial charge in [0.05, 0.1) is 22.7 Å². The Balaban J connectivity index is 1.40. The van der Waals surface area contributed by atoms with Crippen LogP contribution in [0.15, 0.2) is 72.8 Å². The normalized spacial score (nSPS) is 15.6. The molecular weight excluding hydrogens is 378 g/mol. The van der Waals surface area contributed by atoms with Crippen LogP contribution in [0, 0.1) is 11.3 Å².